The summed E-state index contributed by atoms with van der Waals surface area (Å²) in [7, 11) is 0. The van der Waals surface area contributed by atoms with Crippen molar-refractivity contribution in [2.24, 2.45) is 0 Å². The molecule has 6 heteroatoms. The molecule has 1 aliphatic carbocycles. The second-order valence-corrected chi connectivity index (χ2v) is 6.89. The molecule has 1 saturated carbocycles. The normalized spacial score (nSPS) is 15.7. The average Bonchev–Trinajstić information content (AvgIpc) is 3.36. The third-order valence-corrected chi connectivity index (χ3v) is 5.05. The number of carbonyl (C=O) groups excluding carboxylic acids is 1. The standard InChI is InChI=1S/C21H22FNO4/c22-16-6-8-18(9-7-16)25-13-21(24)23(17-3-1-2-4-17)12-15-5-10-19-20(11-15)27-14-26-19/h5-11,17H,1-4,12-14H2. The van der Waals surface area contributed by atoms with E-state index in [1.165, 1.54) is 24.3 Å². The van der Waals surface area contributed by atoms with Crippen LogP contribution in [-0.2, 0) is 11.3 Å². The maximum atomic E-state index is 13.0. The molecule has 0 aromatic heterocycles. The molecule has 2 aromatic rings. The van der Waals surface area contributed by atoms with Gasteiger partial charge in [0, 0.05) is 12.6 Å². The van der Waals surface area contributed by atoms with E-state index >= 15 is 0 Å². The average molecular weight is 371 g/mol. The Morgan fingerprint density at radius 2 is 1.81 bits per heavy atom. The third kappa shape index (κ3) is 4.15. The van der Waals surface area contributed by atoms with Gasteiger partial charge in [-0.25, -0.2) is 4.39 Å². The van der Waals surface area contributed by atoms with Gasteiger partial charge in [-0.2, -0.15) is 0 Å². The number of amides is 1. The highest BCUT2D eigenvalue weighted by atomic mass is 19.1. The van der Waals surface area contributed by atoms with Gasteiger partial charge in [0.1, 0.15) is 11.6 Å². The fourth-order valence-corrected chi connectivity index (χ4v) is 3.63. The van der Waals surface area contributed by atoms with Gasteiger partial charge in [0.05, 0.1) is 0 Å². The number of hydrogen-bond donors (Lipinski definition) is 0. The SMILES string of the molecule is O=C(COc1ccc(F)cc1)N(Cc1ccc2c(c1)OCO2)C1CCCC1. The fraction of sp³-hybridized carbons (Fsp3) is 0.381. The van der Waals surface area contributed by atoms with Crippen molar-refractivity contribution in [3.8, 4) is 17.2 Å². The van der Waals surface area contributed by atoms with Gasteiger partial charge in [0.2, 0.25) is 6.79 Å². The summed E-state index contributed by atoms with van der Waals surface area (Å²) in [6, 6.07) is 11.7. The van der Waals surface area contributed by atoms with Gasteiger partial charge in [-0.05, 0) is 54.8 Å². The lowest BCUT2D eigenvalue weighted by Gasteiger charge is -2.29. The van der Waals surface area contributed by atoms with Gasteiger partial charge < -0.3 is 19.1 Å². The van der Waals surface area contributed by atoms with Crippen LogP contribution in [0.4, 0.5) is 4.39 Å². The minimum atomic E-state index is -0.330. The number of carbonyl (C=O) groups is 1. The number of halogens is 1. The molecule has 2 aromatic carbocycles. The van der Waals surface area contributed by atoms with Crippen LogP contribution in [0.25, 0.3) is 0 Å². The van der Waals surface area contributed by atoms with E-state index in [2.05, 4.69) is 0 Å². The molecular weight excluding hydrogens is 349 g/mol. The van der Waals surface area contributed by atoms with Crippen LogP contribution in [0, 0.1) is 5.82 Å². The zero-order valence-corrected chi connectivity index (χ0v) is 15.0. The molecule has 1 fully saturated rings. The molecule has 0 radical (unpaired) electrons. The maximum absolute atomic E-state index is 13.0. The van der Waals surface area contributed by atoms with E-state index in [9.17, 15) is 9.18 Å². The Balaban J connectivity index is 1.45. The van der Waals surface area contributed by atoms with Crippen LogP contribution < -0.4 is 14.2 Å². The monoisotopic (exact) mass is 371 g/mol. The Labute approximate surface area is 157 Å². The van der Waals surface area contributed by atoms with Gasteiger partial charge >= 0.3 is 0 Å². The summed E-state index contributed by atoms with van der Waals surface area (Å²) >= 11 is 0. The zero-order valence-electron chi connectivity index (χ0n) is 15.0. The largest absolute Gasteiger partial charge is 0.484 e. The van der Waals surface area contributed by atoms with Crippen LogP contribution in [-0.4, -0.2) is 30.2 Å². The lowest BCUT2D eigenvalue weighted by molar-refractivity contribution is -0.136. The van der Waals surface area contributed by atoms with Crippen molar-refractivity contribution in [2.75, 3.05) is 13.4 Å². The first-order chi connectivity index (χ1) is 13.2. The Morgan fingerprint density at radius 3 is 2.59 bits per heavy atom. The molecule has 2 aliphatic rings. The molecule has 0 N–H and O–H groups in total. The predicted octanol–water partition coefficient (Wildman–Crippen LogP) is 3.90. The Hall–Kier alpha value is -2.76. The minimum absolute atomic E-state index is 0.0628. The van der Waals surface area contributed by atoms with E-state index in [0.29, 0.717) is 18.0 Å². The van der Waals surface area contributed by atoms with E-state index in [4.69, 9.17) is 14.2 Å². The molecule has 0 atom stereocenters. The molecule has 0 bridgehead atoms. The Bertz CT molecular complexity index is 802. The van der Waals surface area contributed by atoms with Crippen LogP contribution in [0.5, 0.6) is 17.2 Å². The molecule has 1 amide bonds. The number of rotatable bonds is 6. The van der Waals surface area contributed by atoms with Crippen molar-refractivity contribution in [3.05, 3.63) is 53.8 Å². The molecule has 1 aliphatic heterocycles. The van der Waals surface area contributed by atoms with Crippen molar-refractivity contribution in [1.29, 1.82) is 0 Å². The van der Waals surface area contributed by atoms with Crippen LogP contribution in [0.3, 0.4) is 0 Å². The van der Waals surface area contributed by atoms with Crippen LogP contribution in [0.1, 0.15) is 31.2 Å². The Kier molecular flexibility index (Phi) is 5.14. The smallest absolute Gasteiger partial charge is 0.261 e. The lowest BCUT2D eigenvalue weighted by atomic mass is 10.1. The lowest BCUT2D eigenvalue weighted by Crippen LogP contribution is -2.41. The molecule has 142 valence electrons. The summed E-state index contributed by atoms with van der Waals surface area (Å²) in [6.45, 7) is 0.676. The summed E-state index contributed by atoms with van der Waals surface area (Å²) in [6.07, 6.45) is 4.28. The topological polar surface area (TPSA) is 48.0 Å². The molecule has 0 spiro atoms. The molecule has 27 heavy (non-hydrogen) atoms. The first-order valence-corrected chi connectivity index (χ1v) is 9.25. The van der Waals surface area contributed by atoms with Crippen LogP contribution in [0.15, 0.2) is 42.5 Å². The highest BCUT2D eigenvalue weighted by Crippen LogP contribution is 2.33. The van der Waals surface area contributed by atoms with Crippen molar-refractivity contribution >= 4 is 5.91 Å². The zero-order chi connectivity index (χ0) is 18.6. The molecule has 1 heterocycles. The van der Waals surface area contributed by atoms with E-state index < -0.39 is 0 Å². The van der Waals surface area contributed by atoms with E-state index in [0.717, 1.165) is 37.0 Å². The fourth-order valence-electron chi connectivity index (χ4n) is 3.63. The quantitative estimate of drug-likeness (QED) is 0.773. The number of hydrogen-bond acceptors (Lipinski definition) is 4. The van der Waals surface area contributed by atoms with Crippen LogP contribution in [0.2, 0.25) is 0 Å². The first kappa shape index (κ1) is 17.6. The number of benzene rings is 2. The van der Waals surface area contributed by atoms with Crippen molar-refractivity contribution in [3.63, 3.8) is 0 Å². The first-order valence-electron chi connectivity index (χ1n) is 9.25. The summed E-state index contributed by atoms with van der Waals surface area (Å²) in [4.78, 5) is 14.8. The molecule has 5 nitrogen and oxygen atoms in total. The maximum Gasteiger partial charge on any atom is 0.261 e. The molecule has 4 rings (SSSR count). The number of nitrogens with zero attached hydrogens (tertiary/aromatic N) is 1. The summed E-state index contributed by atoms with van der Waals surface area (Å²) in [5.41, 5.74) is 1.00. The summed E-state index contributed by atoms with van der Waals surface area (Å²) in [5.74, 6) is 1.54. The van der Waals surface area contributed by atoms with Crippen molar-refractivity contribution in [2.45, 2.75) is 38.3 Å². The minimum Gasteiger partial charge on any atom is -0.484 e. The number of ether oxygens (including phenoxy) is 3. The van der Waals surface area contributed by atoms with Crippen molar-refractivity contribution < 1.29 is 23.4 Å². The summed E-state index contributed by atoms with van der Waals surface area (Å²) in [5, 5.41) is 0. The van der Waals surface area contributed by atoms with E-state index in [1.54, 1.807) is 0 Å². The van der Waals surface area contributed by atoms with Crippen LogP contribution >= 0.6 is 0 Å². The van der Waals surface area contributed by atoms with Crippen molar-refractivity contribution in [1.82, 2.24) is 4.90 Å². The van der Waals surface area contributed by atoms with Gasteiger partial charge in [-0.15, -0.1) is 0 Å². The molecule has 0 unspecified atom stereocenters. The molecule has 0 saturated heterocycles. The number of fused-ring (bicyclic) bond motifs is 1. The van der Waals surface area contributed by atoms with E-state index in [-0.39, 0.29) is 31.2 Å². The highest BCUT2D eigenvalue weighted by Gasteiger charge is 2.27. The second kappa shape index (κ2) is 7.86. The van der Waals surface area contributed by atoms with Gasteiger partial charge in [-0.3, -0.25) is 4.79 Å². The predicted molar refractivity (Wildman–Crippen MR) is 97.3 cm³/mol. The highest BCUT2D eigenvalue weighted by molar-refractivity contribution is 5.78. The van der Waals surface area contributed by atoms with Gasteiger partial charge in [-0.1, -0.05) is 18.9 Å². The summed E-state index contributed by atoms with van der Waals surface area (Å²) < 4.78 is 29.4. The molecular formula is C21H22FNO4. The van der Waals surface area contributed by atoms with Gasteiger partial charge in [0.15, 0.2) is 18.1 Å². The Morgan fingerprint density at radius 1 is 1.07 bits per heavy atom. The second-order valence-electron chi connectivity index (χ2n) is 6.89. The van der Waals surface area contributed by atoms with E-state index in [1.807, 2.05) is 23.1 Å². The third-order valence-electron chi connectivity index (χ3n) is 5.05. The van der Waals surface area contributed by atoms with Gasteiger partial charge in [0.25, 0.3) is 5.91 Å².